The third-order valence-electron chi connectivity index (χ3n) is 4.45. The van der Waals surface area contributed by atoms with E-state index in [0.29, 0.717) is 5.82 Å². The van der Waals surface area contributed by atoms with Crippen LogP contribution in [0.4, 0.5) is 5.69 Å². The second kappa shape index (κ2) is 9.80. The van der Waals surface area contributed by atoms with Gasteiger partial charge in [0.1, 0.15) is 6.54 Å². The lowest BCUT2D eigenvalue weighted by atomic mass is 10.1. The minimum absolute atomic E-state index is 0.0119. The van der Waals surface area contributed by atoms with Gasteiger partial charge in [0.15, 0.2) is 10.6 Å². The number of H-pyrrole nitrogens is 1. The molecule has 0 saturated carbocycles. The number of hydrogen-bond donors (Lipinski definition) is 3. The standard InChI is InChI=1S/C19H20N6O5S2/c1-13-5-7-14(8-6-13)18-22-23-19(31)24(18)12-17(26)20-9-10-21-32(29,30)16-4-2-3-15(11-16)25(27)28/h2-8,11,21H,9-10,12H2,1H3,(H,20,26)(H,23,31). The van der Waals surface area contributed by atoms with Crippen molar-refractivity contribution < 1.29 is 18.1 Å². The number of aromatic amines is 1. The number of benzene rings is 2. The number of amides is 1. The van der Waals surface area contributed by atoms with Crippen LogP contribution in [0.25, 0.3) is 11.4 Å². The molecule has 0 aliphatic heterocycles. The third kappa shape index (κ3) is 5.63. The fraction of sp³-hybridized carbons (Fsp3) is 0.211. The molecule has 2 aromatic carbocycles. The van der Waals surface area contributed by atoms with Crippen molar-refractivity contribution in [1.29, 1.82) is 0 Å². The number of hydrogen-bond acceptors (Lipinski definition) is 7. The molecule has 0 spiro atoms. The maximum atomic E-state index is 12.3. The van der Waals surface area contributed by atoms with Crippen LogP contribution < -0.4 is 10.0 Å². The third-order valence-corrected chi connectivity index (χ3v) is 6.22. The van der Waals surface area contributed by atoms with E-state index in [1.54, 1.807) is 4.57 Å². The van der Waals surface area contributed by atoms with Crippen molar-refractivity contribution in [3.63, 3.8) is 0 Å². The van der Waals surface area contributed by atoms with Crippen LogP contribution in [0.15, 0.2) is 53.4 Å². The Labute approximate surface area is 188 Å². The van der Waals surface area contributed by atoms with E-state index in [-0.39, 0.29) is 40.9 Å². The Morgan fingerprint density at radius 1 is 1.22 bits per heavy atom. The van der Waals surface area contributed by atoms with Gasteiger partial charge in [-0.25, -0.2) is 13.1 Å². The summed E-state index contributed by atoms with van der Waals surface area (Å²) in [6, 6.07) is 12.3. The van der Waals surface area contributed by atoms with Gasteiger partial charge in [-0.15, -0.1) is 0 Å². The number of aryl methyl sites for hydroxylation is 1. The Hall–Kier alpha value is -3.42. The first-order chi connectivity index (χ1) is 15.2. The second-order valence-electron chi connectivity index (χ2n) is 6.81. The number of nitro benzene ring substituents is 1. The molecule has 0 aliphatic rings. The van der Waals surface area contributed by atoms with Gasteiger partial charge in [0.2, 0.25) is 15.9 Å². The van der Waals surface area contributed by atoms with Crippen LogP contribution in [0.2, 0.25) is 0 Å². The van der Waals surface area contributed by atoms with Gasteiger partial charge in [0.25, 0.3) is 5.69 Å². The first-order valence-corrected chi connectivity index (χ1v) is 11.3. The van der Waals surface area contributed by atoms with Crippen molar-refractivity contribution in [3.8, 4) is 11.4 Å². The zero-order valence-corrected chi connectivity index (χ0v) is 18.6. The molecule has 0 saturated heterocycles. The Morgan fingerprint density at radius 3 is 2.62 bits per heavy atom. The average molecular weight is 477 g/mol. The van der Waals surface area contributed by atoms with Gasteiger partial charge in [0, 0.05) is 30.8 Å². The van der Waals surface area contributed by atoms with Gasteiger partial charge in [-0.05, 0) is 25.2 Å². The molecule has 0 aliphatic carbocycles. The van der Waals surface area contributed by atoms with Crippen molar-refractivity contribution in [2.24, 2.45) is 0 Å². The first kappa shape index (κ1) is 23.2. The number of sulfonamides is 1. The minimum Gasteiger partial charge on any atom is -0.353 e. The normalized spacial score (nSPS) is 11.3. The number of rotatable bonds is 9. The Bertz CT molecular complexity index is 1300. The molecular formula is C19H20N6O5S2. The summed E-state index contributed by atoms with van der Waals surface area (Å²) >= 11 is 5.21. The molecule has 13 heteroatoms. The van der Waals surface area contributed by atoms with Crippen LogP contribution in [0.3, 0.4) is 0 Å². The maximum absolute atomic E-state index is 12.3. The van der Waals surface area contributed by atoms with E-state index in [0.717, 1.165) is 17.2 Å². The summed E-state index contributed by atoms with van der Waals surface area (Å²) in [5.41, 5.74) is 1.54. The second-order valence-corrected chi connectivity index (χ2v) is 8.96. The van der Waals surface area contributed by atoms with Crippen molar-refractivity contribution >= 4 is 33.8 Å². The molecule has 168 valence electrons. The first-order valence-electron chi connectivity index (χ1n) is 9.40. The lowest BCUT2D eigenvalue weighted by molar-refractivity contribution is -0.385. The molecule has 1 amide bonds. The molecule has 1 heterocycles. The summed E-state index contributed by atoms with van der Waals surface area (Å²) in [7, 11) is -3.96. The van der Waals surface area contributed by atoms with Crippen LogP contribution in [0.1, 0.15) is 5.56 Å². The highest BCUT2D eigenvalue weighted by Crippen LogP contribution is 2.18. The number of carbonyl (C=O) groups excluding carboxylic acids is 1. The summed E-state index contributed by atoms with van der Waals surface area (Å²) in [4.78, 5) is 22.3. The Balaban J connectivity index is 1.57. The van der Waals surface area contributed by atoms with Crippen molar-refractivity contribution in [3.05, 3.63) is 69.0 Å². The number of nitrogens with one attached hydrogen (secondary N) is 3. The van der Waals surface area contributed by atoms with E-state index in [9.17, 15) is 23.3 Å². The number of aromatic nitrogens is 3. The fourth-order valence-electron chi connectivity index (χ4n) is 2.82. The molecule has 0 bridgehead atoms. The monoisotopic (exact) mass is 476 g/mol. The smallest absolute Gasteiger partial charge is 0.270 e. The lowest BCUT2D eigenvalue weighted by Crippen LogP contribution is -2.36. The lowest BCUT2D eigenvalue weighted by Gasteiger charge is -2.10. The molecule has 1 aromatic heterocycles. The Kier molecular flexibility index (Phi) is 7.12. The van der Waals surface area contributed by atoms with Crippen LogP contribution in [-0.2, 0) is 21.4 Å². The van der Waals surface area contributed by atoms with Crippen molar-refractivity contribution in [2.75, 3.05) is 13.1 Å². The molecule has 0 radical (unpaired) electrons. The molecule has 0 atom stereocenters. The summed E-state index contributed by atoms with van der Waals surface area (Å²) in [5, 5.41) is 20.3. The summed E-state index contributed by atoms with van der Waals surface area (Å²) in [6.45, 7) is 1.77. The largest absolute Gasteiger partial charge is 0.353 e. The molecule has 11 nitrogen and oxygen atoms in total. The van der Waals surface area contributed by atoms with Crippen LogP contribution in [0, 0.1) is 21.8 Å². The van der Waals surface area contributed by atoms with Gasteiger partial charge in [0.05, 0.1) is 9.82 Å². The molecule has 3 rings (SSSR count). The highest BCUT2D eigenvalue weighted by Gasteiger charge is 2.17. The Morgan fingerprint density at radius 2 is 1.94 bits per heavy atom. The number of carbonyl (C=O) groups is 1. The van der Waals surface area contributed by atoms with Gasteiger partial charge >= 0.3 is 0 Å². The molecule has 0 fully saturated rings. The van der Waals surface area contributed by atoms with Crippen LogP contribution in [0.5, 0.6) is 0 Å². The fourth-order valence-corrected chi connectivity index (χ4v) is 4.09. The van der Waals surface area contributed by atoms with Gasteiger partial charge < -0.3 is 5.32 Å². The van der Waals surface area contributed by atoms with Gasteiger partial charge in [-0.1, -0.05) is 35.9 Å². The predicted molar refractivity (Wildman–Crippen MR) is 119 cm³/mol. The van der Waals surface area contributed by atoms with E-state index in [1.165, 1.54) is 18.2 Å². The summed E-state index contributed by atoms with van der Waals surface area (Å²) < 4.78 is 28.7. The molecule has 32 heavy (non-hydrogen) atoms. The van der Waals surface area contributed by atoms with Crippen LogP contribution in [-0.4, -0.2) is 47.1 Å². The molecular weight excluding hydrogens is 456 g/mol. The highest BCUT2D eigenvalue weighted by atomic mass is 32.2. The number of nitrogens with zero attached hydrogens (tertiary/aromatic N) is 3. The molecule has 3 aromatic rings. The maximum Gasteiger partial charge on any atom is 0.270 e. The van der Waals surface area contributed by atoms with E-state index < -0.39 is 14.9 Å². The minimum atomic E-state index is -3.96. The summed E-state index contributed by atoms with van der Waals surface area (Å²) in [5.74, 6) is 0.127. The highest BCUT2D eigenvalue weighted by molar-refractivity contribution is 7.89. The van der Waals surface area contributed by atoms with Crippen LogP contribution >= 0.6 is 12.2 Å². The quantitative estimate of drug-likeness (QED) is 0.185. The molecule has 0 unspecified atom stereocenters. The van der Waals surface area contributed by atoms with Gasteiger partial charge in [-0.2, -0.15) is 5.10 Å². The van der Waals surface area contributed by atoms with Gasteiger partial charge in [-0.3, -0.25) is 24.6 Å². The van der Waals surface area contributed by atoms with E-state index in [2.05, 4.69) is 20.2 Å². The zero-order chi connectivity index (χ0) is 23.3. The predicted octanol–water partition coefficient (Wildman–Crippen LogP) is 1.92. The van der Waals surface area contributed by atoms with E-state index in [4.69, 9.17) is 12.2 Å². The van der Waals surface area contributed by atoms with Crippen molar-refractivity contribution in [1.82, 2.24) is 24.8 Å². The topological polar surface area (TPSA) is 152 Å². The van der Waals surface area contributed by atoms with E-state index in [1.807, 2.05) is 31.2 Å². The SMILES string of the molecule is Cc1ccc(-c2n[nH]c(=S)n2CC(=O)NCCNS(=O)(=O)c2cccc([N+](=O)[O-])c2)cc1. The summed E-state index contributed by atoms with van der Waals surface area (Å²) in [6.07, 6.45) is 0. The number of nitro groups is 1. The van der Waals surface area contributed by atoms with E-state index >= 15 is 0 Å². The molecule has 3 N–H and O–H groups in total. The zero-order valence-electron chi connectivity index (χ0n) is 16.9. The number of non-ortho nitro benzene ring substituents is 1. The average Bonchev–Trinajstić information content (AvgIpc) is 3.12. The van der Waals surface area contributed by atoms with Crippen molar-refractivity contribution in [2.45, 2.75) is 18.4 Å².